The van der Waals surface area contributed by atoms with Crippen LogP contribution in [0.1, 0.15) is 93.0 Å². The van der Waals surface area contributed by atoms with E-state index in [0.717, 1.165) is 67.1 Å². The average Bonchev–Trinajstić information content (AvgIpc) is 0.747. The van der Waals surface area contributed by atoms with Gasteiger partial charge in [0.25, 0.3) is 11.8 Å². The first-order chi connectivity index (χ1) is 50.0. The molecule has 5 saturated heterocycles. The number of carbonyl (C=O) groups is 6. The maximum Gasteiger partial charge on any atom is 0.336 e. The molecule has 0 aromatic heterocycles. The zero-order valence-corrected chi connectivity index (χ0v) is 55.6. The van der Waals surface area contributed by atoms with Gasteiger partial charge < -0.3 is 73.3 Å². The minimum atomic E-state index is -2.78. The molecule has 5 fully saturated rings. The molecule has 0 spiro atoms. The molecule has 530 valence electrons. The Hall–Kier alpha value is -12.7. The normalized spacial score (nSPS) is 17.2. The van der Waals surface area contributed by atoms with Crippen molar-refractivity contribution in [3.05, 3.63) is 229 Å². The Balaban J connectivity index is 0.000000127. The van der Waals surface area contributed by atoms with E-state index in [-0.39, 0.29) is 57.6 Å². The van der Waals surface area contributed by atoms with E-state index in [4.69, 9.17) is 13.6 Å². The van der Waals surface area contributed by atoms with Crippen molar-refractivity contribution >= 4 is 87.0 Å². The van der Waals surface area contributed by atoms with Gasteiger partial charge in [-0.25, -0.2) is 45.5 Å². The van der Waals surface area contributed by atoms with Crippen LogP contribution in [0, 0.1) is 0 Å². The van der Waals surface area contributed by atoms with E-state index in [9.17, 15) is 81.4 Å². The van der Waals surface area contributed by atoms with Gasteiger partial charge in [-0.05, 0) is 143 Å². The zero-order chi connectivity index (χ0) is 73.9. The molecular formula is C80H59F5N5O15-. The Labute approximate surface area is 591 Å². The summed E-state index contributed by atoms with van der Waals surface area (Å²) in [6.07, 6.45) is 2.30. The molecule has 0 bridgehead atoms. The van der Waals surface area contributed by atoms with Crippen LogP contribution in [-0.2, 0) is 0 Å². The van der Waals surface area contributed by atoms with E-state index >= 15 is 0 Å². The van der Waals surface area contributed by atoms with Crippen LogP contribution in [0.2, 0.25) is 0 Å². The fourth-order valence-electron chi connectivity index (χ4n) is 14.2. The first-order valence-corrected chi connectivity index (χ1v) is 33.3. The van der Waals surface area contributed by atoms with Crippen molar-refractivity contribution in [2.45, 2.75) is 37.3 Å². The molecule has 17 rings (SSSR count). The lowest BCUT2D eigenvalue weighted by molar-refractivity contribution is -0.256. The van der Waals surface area contributed by atoms with Crippen molar-refractivity contribution < 1.29 is 94.9 Å². The number of carbonyl (C=O) groups excluding carboxylic acids is 3. The van der Waals surface area contributed by atoms with Crippen LogP contribution < -0.4 is 65.1 Å². The Morgan fingerprint density at radius 3 is 1.32 bits per heavy atom. The number of carboxylic acids is 6. The highest BCUT2D eigenvalue weighted by molar-refractivity contribution is 6.11. The largest absolute Gasteiger partial charge is 0.545 e. The molecule has 0 unspecified atom stereocenters. The number of ether oxygens (including phenoxy) is 1. The zero-order valence-electron chi connectivity index (χ0n) is 55.6. The second-order valence-electron chi connectivity index (χ2n) is 27.1. The van der Waals surface area contributed by atoms with Gasteiger partial charge in [-0.3, -0.25) is 0 Å². The summed E-state index contributed by atoms with van der Waals surface area (Å²) in [5.41, 5.74) is 4.94. The van der Waals surface area contributed by atoms with Gasteiger partial charge in [0.05, 0.1) is 79.3 Å². The number of fused-ring (bicyclic) bond motifs is 6. The van der Waals surface area contributed by atoms with Crippen molar-refractivity contribution in [3.8, 4) is 56.4 Å². The monoisotopic (exact) mass is 1420 g/mol. The number of alkyl halides is 5. The van der Waals surface area contributed by atoms with Crippen molar-refractivity contribution in [3.63, 3.8) is 0 Å². The van der Waals surface area contributed by atoms with E-state index in [1.54, 1.807) is 72.8 Å². The Bertz CT molecular complexity index is 5790. The van der Waals surface area contributed by atoms with Gasteiger partial charge in [-0.15, -0.1) is 0 Å². The number of halogens is 5. The van der Waals surface area contributed by atoms with Crippen LogP contribution in [-0.4, -0.2) is 134 Å². The smallest absolute Gasteiger partial charge is 0.336 e. The molecule has 25 heteroatoms. The molecule has 7 aromatic carbocycles. The second-order valence-corrected chi connectivity index (χ2v) is 27.1. The lowest BCUT2D eigenvalue weighted by atomic mass is 9.88. The van der Waals surface area contributed by atoms with Crippen LogP contribution in [0.3, 0.4) is 0 Å². The van der Waals surface area contributed by atoms with Crippen molar-refractivity contribution in [1.82, 2.24) is 9.15 Å². The number of aromatic carboxylic acids is 6. The molecule has 7 aromatic rings. The Morgan fingerprint density at radius 2 is 0.895 bits per heavy atom. The van der Waals surface area contributed by atoms with Gasteiger partial charge in [-0.1, -0.05) is 36.9 Å². The highest BCUT2D eigenvalue weighted by Crippen LogP contribution is 2.47. The lowest BCUT2D eigenvalue weighted by Gasteiger charge is -2.40. The van der Waals surface area contributed by atoms with E-state index in [1.807, 2.05) is 41.0 Å². The van der Waals surface area contributed by atoms with Crippen LogP contribution in [0.4, 0.5) is 39.0 Å². The van der Waals surface area contributed by atoms with Crippen molar-refractivity contribution in [2.24, 2.45) is 0 Å². The molecule has 0 saturated carbocycles. The van der Waals surface area contributed by atoms with Gasteiger partial charge in [-0.2, -0.15) is 0 Å². The topological polar surface area (TPSA) is 284 Å². The van der Waals surface area contributed by atoms with Gasteiger partial charge >= 0.3 is 17.9 Å². The lowest BCUT2D eigenvalue weighted by Crippen LogP contribution is -2.58. The molecule has 8 aliphatic heterocycles. The maximum atomic E-state index is 14.2. The van der Waals surface area contributed by atoms with E-state index in [1.165, 1.54) is 65.3 Å². The molecule has 2 aliphatic carbocycles. The number of hydrogen-bond acceptors (Lipinski definition) is 15. The van der Waals surface area contributed by atoms with E-state index in [0.29, 0.717) is 100 Å². The number of hydrogen-bond donors (Lipinski definition) is 3. The van der Waals surface area contributed by atoms with E-state index < -0.39 is 79.5 Å². The third-order valence-corrected chi connectivity index (χ3v) is 19.7. The second kappa shape index (κ2) is 25.7. The summed E-state index contributed by atoms with van der Waals surface area (Å²) >= 11 is 0. The first kappa shape index (κ1) is 68.1. The summed E-state index contributed by atoms with van der Waals surface area (Å²) in [4.78, 5) is 76.3. The third-order valence-electron chi connectivity index (χ3n) is 19.7. The number of benzene rings is 9. The van der Waals surface area contributed by atoms with Crippen LogP contribution in [0.5, 0.6) is 11.5 Å². The van der Waals surface area contributed by atoms with Crippen LogP contribution in [0.15, 0.2) is 173 Å². The Kier molecular flexibility index (Phi) is 16.7. The fraction of sp³-hybridized carbons (Fsp3) is 0.200. The van der Waals surface area contributed by atoms with E-state index in [2.05, 4.69) is 16.1 Å². The third kappa shape index (κ3) is 12.8. The molecule has 8 heterocycles. The standard InChI is InChI=1S/C28H21F3N2O5.C27H22N2O5.C25H17F2NO5/c1-27(29)11-32(12-27)16-3-6-19-22(9-16)38-23-10-17(33-13-28(30,31)14-33)4-7-20(23)24(19)21-8-15(25(34)35)2-5-18(21)26(36)37;30-26(31)16-3-6-19(27(32)33)22(13-16)25-20-7-4-17(28-9-1-10-28)14-23(20)34-24-15-18(5-8-21(24)25)29-11-2-12-29;1-13-2-5-17-20(8-13)33-21-10-15(28-11-25(26,27)12-28)4-7-18(21)22(17)19-9-14(23(29)30)3-6-16(19)24(31)32/h2-10H,11-14H2,1H3,(H-,34,35,36,37);3-8,13-15H,1-2,9-12H2,(H-,30,31,32,33);2-10H,1,11-12H2,(H,29,30)(H,31,32)/p-1. The molecule has 3 N–H and O–H groups in total. The number of nitrogens with zero attached hydrogens (tertiary/aromatic N) is 5. The van der Waals surface area contributed by atoms with Crippen LogP contribution in [0.25, 0.3) is 79.0 Å². The first-order valence-electron chi connectivity index (χ1n) is 33.3. The summed E-state index contributed by atoms with van der Waals surface area (Å²) < 4.78 is 90.6. The molecule has 20 nitrogen and oxygen atoms in total. The van der Waals surface area contributed by atoms with Gasteiger partial charge in [0, 0.05) is 110 Å². The summed E-state index contributed by atoms with van der Waals surface area (Å²) in [5, 5.41) is 68.5. The SMILES string of the molecule is C=c1ccc2c(c1)Oc1cc(N3CC(F)(F)C3)ccc1C=2c1cc(C(=O)[O-])ccc1C(=O)O.CC1(F)C[N+](=c2ccc3c(-c4cc(C(=O)[O-])ccc4C(=O)O)c4ccc(N5CC(F)(F)C5)cc4oc-3c2)C1.O=C([O-])c1ccc(C(=O)O)c(-c2c3ccc(=[N+]4CCC4)cc-3oc3cc(N4CCC4)ccc23)c1. The average molecular weight is 1430 g/mol. The molecule has 0 radical (unpaired) electrons. The highest BCUT2D eigenvalue weighted by Gasteiger charge is 2.46. The maximum absolute atomic E-state index is 14.2. The molecule has 10 aliphatic rings. The van der Waals surface area contributed by atoms with Gasteiger partial charge in [0.1, 0.15) is 47.3 Å². The van der Waals surface area contributed by atoms with Gasteiger partial charge in [0.15, 0.2) is 13.1 Å². The number of carboxylic acid groups (broad SMARTS) is 6. The highest BCUT2D eigenvalue weighted by atomic mass is 19.3. The summed E-state index contributed by atoms with van der Waals surface area (Å²) in [6.45, 7) is 8.07. The molecule has 0 amide bonds. The predicted octanol–water partition coefficient (Wildman–Crippen LogP) is 7.85. The Morgan fingerprint density at radius 1 is 0.457 bits per heavy atom. The van der Waals surface area contributed by atoms with Crippen molar-refractivity contribution in [2.75, 3.05) is 80.1 Å². The fourth-order valence-corrected chi connectivity index (χ4v) is 14.2. The number of anilines is 3. The minimum absolute atomic E-state index is 0.0254. The molecule has 0 atom stereocenters. The minimum Gasteiger partial charge on any atom is -0.545 e. The molecule has 105 heavy (non-hydrogen) atoms. The summed E-state index contributed by atoms with van der Waals surface area (Å²) in [7, 11) is 0. The molecular weight excluding hydrogens is 1370 g/mol. The number of rotatable bonds is 12. The quantitative estimate of drug-likeness (QED) is 0.0596. The summed E-state index contributed by atoms with van der Waals surface area (Å²) in [5.74, 6) is -11.7. The van der Waals surface area contributed by atoms with Crippen molar-refractivity contribution in [1.29, 1.82) is 0 Å². The summed E-state index contributed by atoms with van der Waals surface area (Å²) in [6, 6.07) is 43.2. The predicted molar refractivity (Wildman–Crippen MR) is 371 cm³/mol. The van der Waals surface area contributed by atoms with Crippen LogP contribution >= 0.6 is 0 Å². The van der Waals surface area contributed by atoms with Gasteiger partial charge in [0.2, 0.25) is 16.4 Å².